The number of halogens is 1. The molecule has 0 bridgehead atoms. The maximum atomic E-state index is 13.2. The zero-order valence-corrected chi connectivity index (χ0v) is 26.7. The lowest BCUT2D eigenvalue weighted by atomic mass is 9.90. The highest BCUT2D eigenvalue weighted by atomic mass is 19.1. The minimum absolute atomic E-state index is 0.0481. The van der Waals surface area contributed by atoms with Crippen molar-refractivity contribution in [2.75, 3.05) is 26.8 Å². The van der Waals surface area contributed by atoms with Crippen molar-refractivity contribution in [3.63, 3.8) is 0 Å². The van der Waals surface area contributed by atoms with Gasteiger partial charge in [0.2, 0.25) is 5.91 Å². The molecule has 4 unspecified atom stereocenters. The van der Waals surface area contributed by atoms with E-state index in [4.69, 9.17) is 18.9 Å². The average molecular weight is 638 g/mol. The second kappa shape index (κ2) is 17.9. The summed E-state index contributed by atoms with van der Waals surface area (Å²) in [5.41, 5.74) is 0.874. The molecule has 12 nitrogen and oxygen atoms in total. The summed E-state index contributed by atoms with van der Waals surface area (Å²) in [4.78, 5) is 49.1. The molecule has 45 heavy (non-hydrogen) atoms. The van der Waals surface area contributed by atoms with Crippen LogP contribution in [0.1, 0.15) is 77.7 Å². The van der Waals surface area contributed by atoms with Crippen LogP contribution in [-0.4, -0.2) is 81.0 Å². The van der Waals surface area contributed by atoms with Crippen molar-refractivity contribution in [2.45, 2.75) is 109 Å². The van der Waals surface area contributed by atoms with Gasteiger partial charge in [-0.1, -0.05) is 26.0 Å². The predicted molar refractivity (Wildman–Crippen MR) is 162 cm³/mol. The van der Waals surface area contributed by atoms with E-state index in [1.165, 1.54) is 26.2 Å². The molecule has 2 aliphatic rings. The number of benzene rings is 1. The lowest BCUT2D eigenvalue weighted by Gasteiger charge is -2.47. The van der Waals surface area contributed by atoms with Crippen molar-refractivity contribution in [1.29, 1.82) is 0 Å². The molecule has 2 saturated heterocycles. The third-order valence-corrected chi connectivity index (χ3v) is 7.80. The Morgan fingerprint density at radius 1 is 1.02 bits per heavy atom. The van der Waals surface area contributed by atoms with Gasteiger partial charge in [0, 0.05) is 38.8 Å². The highest BCUT2D eigenvalue weighted by Crippen LogP contribution is 2.41. The molecule has 0 aromatic heterocycles. The summed E-state index contributed by atoms with van der Waals surface area (Å²) in [6.45, 7) is 6.56. The summed E-state index contributed by atoms with van der Waals surface area (Å²) >= 11 is 0. The number of hydrogen-bond acceptors (Lipinski definition) is 9. The van der Waals surface area contributed by atoms with Gasteiger partial charge in [0.25, 0.3) is 0 Å². The van der Waals surface area contributed by atoms with E-state index in [1.807, 2.05) is 0 Å². The number of carbonyl (C=O) groups is 4. The molecule has 0 saturated carbocycles. The molecule has 1 aromatic rings. The molecule has 3 rings (SSSR count). The summed E-state index contributed by atoms with van der Waals surface area (Å²) in [6.07, 6.45) is 1.72. The van der Waals surface area contributed by atoms with Crippen LogP contribution in [-0.2, 0) is 39.7 Å². The molecular weight excluding hydrogens is 589 g/mol. The largest absolute Gasteiger partial charge is 0.467 e. The smallest absolute Gasteiger partial charge is 0.407 e. The minimum atomic E-state index is -1.09. The Kier molecular flexibility index (Phi) is 14.3. The molecular formula is C32H48FN3O9. The quantitative estimate of drug-likeness (QED) is 0.202. The molecule has 2 heterocycles. The fraction of sp³-hybridized carbons (Fsp3) is 0.688. The van der Waals surface area contributed by atoms with E-state index < -0.39 is 48.3 Å². The molecule has 252 valence electrons. The minimum Gasteiger partial charge on any atom is -0.467 e. The van der Waals surface area contributed by atoms with E-state index in [0.717, 1.165) is 18.4 Å². The van der Waals surface area contributed by atoms with Crippen LogP contribution < -0.4 is 16.0 Å². The van der Waals surface area contributed by atoms with Crippen LogP contribution >= 0.6 is 0 Å². The Bertz CT molecular complexity index is 1120. The van der Waals surface area contributed by atoms with Crippen molar-refractivity contribution in [3.8, 4) is 0 Å². The fourth-order valence-electron chi connectivity index (χ4n) is 5.44. The van der Waals surface area contributed by atoms with Gasteiger partial charge in [-0.2, -0.15) is 0 Å². The Hall–Kier alpha value is -3.45. The Labute approximate surface area is 264 Å². The van der Waals surface area contributed by atoms with E-state index >= 15 is 0 Å². The number of esters is 1. The molecule has 0 aliphatic carbocycles. The number of carbonyl (C=O) groups excluding carboxylic acids is 4. The zero-order valence-electron chi connectivity index (χ0n) is 26.7. The highest BCUT2D eigenvalue weighted by molar-refractivity contribution is 5.84. The molecule has 13 heteroatoms. The molecule has 3 amide bonds. The average Bonchev–Trinajstić information content (AvgIpc) is 2.99. The number of amides is 3. The first-order valence-electron chi connectivity index (χ1n) is 15.8. The summed E-state index contributed by atoms with van der Waals surface area (Å²) in [7, 11) is 1.25. The van der Waals surface area contributed by atoms with Crippen LogP contribution in [0.25, 0.3) is 0 Å². The third-order valence-electron chi connectivity index (χ3n) is 7.80. The first-order chi connectivity index (χ1) is 21.5. The topological polar surface area (TPSA) is 151 Å². The first kappa shape index (κ1) is 36.0. The normalized spacial score (nSPS) is 23.6. The van der Waals surface area contributed by atoms with E-state index in [2.05, 4.69) is 34.5 Å². The van der Waals surface area contributed by atoms with Crippen molar-refractivity contribution in [2.24, 2.45) is 5.92 Å². The summed E-state index contributed by atoms with van der Waals surface area (Å²) < 4.78 is 41.9. The van der Waals surface area contributed by atoms with Gasteiger partial charge in [-0.25, -0.2) is 18.8 Å². The number of rotatable bonds is 14. The van der Waals surface area contributed by atoms with Gasteiger partial charge in [0.15, 0.2) is 5.79 Å². The van der Waals surface area contributed by atoms with Crippen LogP contribution in [0.4, 0.5) is 14.0 Å². The van der Waals surface area contributed by atoms with Gasteiger partial charge in [-0.3, -0.25) is 4.79 Å². The van der Waals surface area contributed by atoms with Gasteiger partial charge in [0.05, 0.1) is 19.3 Å². The number of methoxy groups -OCH3 is 1. The second-order valence-corrected chi connectivity index (χ2v) is 12.1. The first-order valence-corrected chi connectivity index (χ1v) is 15.8. The Balaban J connectivity index is 1.58. The molecule has 2 fully saturated rings. The van der Waals surface area contributed by atoms with E-state index in [9.17, 15) is 23.6 Å². The van der Waals surface area contributed by atoms with Crippen LogP contribution in [0, 0.1) is 11.7 Å². The highest BCUT2D eigenvalue weighted by Gasteiger charge is 2.47. The number of nitrogens with one attached hydrogen (secondary N) is 3. The van der Waals surface area contributed by atoms with Gasteiger partial charge in [-0.05, 0) is 62.6 Å². The van der Waals surface area contributed by atoms with Crippen LogP contribution in [0.2, 0.25) is 0 Å². The molecule has 3 N–H and O–H groups in total. The molecule has 5 atom stereocenters. The number of alkyl carbamates (subject to hydrolysis) is 2. The fourth-order valence-corrected chi connectivity index (χ4v) is 5.44. The van der Waals surface area contributed by atoms with Crippen LogP contribution in [0.5, 0.6) is 0 Å². The SMILES string of the molecule is COC(=O)[C@H](C)NC(=O)CCC1CC(OC(=O)NCCc2ccc(F)cc2)CC2(CCCC(COC(=O)NCCC(C)C)O2)O1. The second-order valence-electron chi connectivity index (χ2n) is 12.1. The monoisotopic (exact) mass is 637 g/mol. The zero-order chi connectivity index (χ0) is 32.8. The summed E-state index contributed by atoms with van der Waals surface area (Å²) in [6, 6.07) is 5.27. The maximum Gasteiger partial charge on any atom is 0.407 e. The van der Waals surface area contributed by atoms with Crippen LogP contribution in [0.15, 0.2) is 24.3 Å². The standard InChI is InChI=1S/C32H48FN3O9/c1-21(2)13-16-34-30(39)42-20-26-6-5-15-32(45-26)19-27(43-31(40)35-17-14-23-7-9-24(33)10-8-23)18-25(44-32)11-12-28(37)36-22(3)29(38)41-4/h7-10,21-22,25-27H,5-6,11-20H2,1-4H3,(H,34,39)(H,35,40)(H,36,37)/t22-,25?,26?,27?,32?/m0/s1. The van der Waals surface area contributed by atoms with Crippen LogP contribution in [0.3, 0.4) is 0 Å². The third kappa shape index (κ3) is 12.8. The molecule has 1 aromatic carbocycles. The number of hydrogen-bond donors (Lipinski definition) is 3. The summed E-state index contributed by atoms with van der Waals surface area (Å²) in [5.74, 6) is -1.84. The van der Waals surface area contributed by atoms with Gasteiger partial charge in [-0.15, -0.1) is 0 Å². The van der Waals surface area contributed by atoms with E-state index in [1.54, 1.807) is 12.1 Å². The van der Waals surface area contributed by atoms with E-state index in [-0.39, 0.29) is 31.2 Å². The number of ether oxygens (including phenoxy) is 5. The molecule has 2 aliphatic heterocycles. The lowest BCUT2D eigenvalue weighted by Crippen LogP contribution is -2.54. The summed E-state index contributed by atoms with van der Waals surface area (Å²) in [5, 5.41) is 8.10. The van der Waals surface area contributed by atoms with E-state index in [0.29, 0.717) is 51.1 Å². The maximum absolute atomic E-state index is 13.2. The Morgan fingerprint density at radius 3 is 2.44 bits per heavy atom. The molecule has 1 spiro atoms. The van der Waals surface area contributed by atoms with Crippen molar-refractivity contribution in [3.05, 3.63) is 35.6 Å². The van der Waals surface area contributed by atoms with Crippen molar-refractivity contribution >= 4 is 24.1 Å². The van der Waals surface area contributed by atoms with Gasteiger partial charge < -0.3 is 39.6 Å². The predicted octanol–water partition coefficient (Wildman–Crippen LogP) is 4.14. The lowest BCUT2D eigenvalue weighted by molar-refractivity contribution is -0.329. The van der Waals surface area contributed by atoms with Crippen molar-refractivity contribution in [1.82, 2.24) is 16.0 Å². The van der Waals surface area contributed by atoms with Gasteiger partial charge >= 0.3 is 18.2 Å². The van der Waals surface area contributed by atoms with Gasteiger partial charge in [0.1, 0.15) is 24.6 Å². The van der Waals surface area contributed by atoms with Crippen molar-refractivity contribution < 1.29 is 47.3 Å². The molecule has 0 radical (unpaired) electrons. The Morgan fingerprint density at radius 2 is 1.73 bits per heavy atom.